The van der Waals surface area contributed by atoms with E-state index in [0.29, 0.717) is 0 Å². The highest BCUT2D eigenvalue weighted by molar-refractivity contribution is 6.29. The summed E-state index contributed by atoms with van der Waals surface area (Å²) in [6, 6.07) is 0. The molecule has 2 aliphatic rings. The maximum atomic E-state index is 11.1. The van der Waals surface area contributed by atoms with Gasteiger partial charge in [0.1, 0.15) is 18.3 Å². The van der Waals surface area contributed by atoms with Gasteiger partial charge in [-0.1, -0.05) is 0 Å². The first-order valence-corrected chi connectivity index (χ1v) is 4.83. The van der Waals surface area contributed by atoms with Gasteiger partial charge in [0.2, 0.25) is 0 Å². The molecule has 7 heteroatoms. The summed E-state index contributed by atoms with van der Waals surface area (Å²) in [5.74, 6) is -2.15. The number of hydrogen-bond donors (Lipinski definition) is 1. The number of rotatable bonds is 1. The Labute approximate surface area is 91.2 Å². The van der Waals surface area contributed by atoms with Crippen LogP contribution in [0, 0.1) is 0 Å². The fraction of sp³-hybridized carbons (Fsp3) is 0.778. The van der Waals surface area contributed by atoms with Crippen LogP contribution in [0.3, 0.4) is 0 Å². The zero-order chi connectivity index (χ0) is 11.7. The van der Waals surface area contributed by atoms with Gasteiger partial charge in [0.15, 0.2) is 6.10 Å². The van der Waals surface area contributed by atoms with Crippen molar-refractivity contribution < 1.29 is 33.6 Å². The van der Waals surface area contributed by atoms with Gasteiger partial charge < -0.3 is 24.1 Å². The average Bonchev–Trinajstić information content (AvgIpc) is 2.82. The van der Waals surface area contributed by atoms with E-state index in [2.05, 4.69) is 4.74 Å². The van der Waals surface area contributed by atoms with Crippen LogP contribution in [0.2, 0.25) is 0 Å². The molecule has 0 aromatic heterocycles. The molecular formula is C9H12O7. The van der Waals surface area contributed by atoms with Crippen LogP contribution in [0.25, 0.3) is 0 Å². The minimum Gasteiger partial charge on any atom is -0.461 e. The Morgan fingerprint density at radius 3 is 2.56 bits per heavy atom. The summed E-state index contributed by atoms with van der Waals surface area (Å²) in [5, 5.41) is 9.42. The van der Waals surface area contributed by atoms with Gasteiger partial charge in [-0.3, -0.25) is 0 Å². The van der Waals surface area contributed by atoms with E-state index in [9.17, 15) is 14.7 Å². The van der Waals surface area contributed by atoms with Crippen molar-refractivity contribution in [1.29, 1.82) is 0 Å². The van der Waals surface area contributed by atoms with Crippen molar-refractivity contribution in [2.75, 3.05) is 20.3 Å². The Hall–Kier alpha value is -1.18. The van der Waals surface area contributed by atoms with Crippen molar-refractivity contribution in [1.82, 2.24) is 0 Å². The summed E-state index contributed by atoms with van der Waals surface area (Å²) in [5.41, 5.74) is 0. The molecule has 2 fully saturated rings. The molecule has 4 atom stereocenters. The number of fused-ring (bicyclic) bond motifs is 1. The van der Waals surface area contributed by atoms with Crippen LogP contribution < -0.4 is 0 Å². The lowest BCUT2D eigenvalue weighted by atomic mass is 10.1. The minimum atomic E-state index is -1.08. The second-order valence-electron chi connectivity index (χ2n) is 3.60. The molecule has 0 aromatic rings. The number of ether oxygens (including phenoxy) is 4. The minimum absolute atomic E-state index is 0.106. The molecule has 2 rings (SSSR count). The fourth-order valence-corrected chi connectivity index (χ4v) is 1.81. The van der Waals surface area contributed by atoms with E-state index in [1.807, 2.05) is 0 Å². The summed E-state index contributed by atoms with van der Waals surface area (Å²) in [7, 11) is 1.09. The number of aliphatic hydroxyl groups excluding tert-OH is 1. The Balaban J connectivity index is 1.92. The molecule has 16 heavy (non-hydrogen) atoms. The van der Waals surface area contributed by atoms with Crippen molar-refractivity contribution in [3.63, 3.8) is 0 Å². The molecule has 0 bridgehead atoms. The Morgan fingerprint density at radius 1 is 1.19 bits per heavy atom. The van der Waals surface area contributed by atoms with Gasteiger partial charge >= 0.3 is 11.9 Å². The normalized spacial score (nSPS) is 36.9. The van der Waals surface area contributed by atoms with Crippen LogP contribution in [0.15, 0.2) is 0 Å². The number of hydrogen-bond acceptors (Lipinski definition) is 7. The molecule has 0 radical (unpaired) electrons. The molecule has 0 saturated carbocycles. The van der Waals surface area contributed by atoms with Crippen molar-refractivity contribution in [3.05, 3.63) is 0 Å². The highest BCUT2D eigenvalue weighted by Crippen LogP contribution is 2.28. The molecule has 0 amide bonds. The molecule has 90 valence electrons. The lowest BCUT2D eigenvalue weighted by molar-refractivity contribution is -0.172. The standard InChI is InChI=1S/C9H12O7/c1-13-8(11)9(12)16-5-3-15-6-4(10)2-14-7(5)6/h4-7,10H,2-3H2,1H3. The van der Waals surface area contributed by atoms with Crippen LogP contribution in [-0.4, -0.2) is 61.8 Å². The fourth-order valence-electron chi connectivity index (χ4n) is 1.81. The number of methoxy groups -OCH3 is 1. The van der Waals surface area contributed by atoms with Gasteiger partial charge in [-0.15, -0.1) is 0 Å². The summed E-state index contributed by atoms with van der Waals surface area (Å²) in [6.45, 7) is 0.247. The molecule has 4 unspecified atom stereocenters. The maximum absolute atomic E-state index is 11.1. The number of carbonyl (C=O) groups is 2. The first-order chi connectivity index (χ1) is 7.63. The number of carbonyl (C=O) groups excluding carboxylic acids is 2. The van der Waals surface area contributed by atoms with Gasteiger partial charge in [-0.05, 0) is 0 Å². The molecular weight excluding hydrogens is 220 g/mol. The molecule has 2 aliphatic heterocycles. The SMILES string of the molecule is COC(=O)C(=O)OC1COC2C(O)COC12. The van der Waals surface area contributed by atoms with E-state index in [4.69, 9.17) is 14.2 Å². The van der Waals surface area contributed by atoms with E-state index < -0.39 is 36.4 Å². The van der Waals surface area contributed by atoms with E-state index in [0.717, 1.165) is 7.11 Å². The summed E-state index contributed by atoms with van der Waals surface area (Å²) in [6.07, 6.45) is -2.39. The molecule has 2 heterocycles. The van der Waals surface area contributed by atoms with Crippen molar-refractivity contribution in [2.45, 2.75) is 24.4 Å². The lowest BCUT2D eigenvalue weighted by Crippen LogP contribution is -2.36. The number of aliphatic hydroxyl groups is 1. The first kappa shape index (κ1) is 11.3. The van der Waals surface area contributed by atoms with Gasteiger partial charge in [0, 0.05) is 0 Å². The summed E-state index contributed by atoms with van der Waals surface area (Å²) >= 11 is 0. The third-order valence-electron chi connectivity index (χ3n) is 2.59. The van der Waals surface area contributed by atoms with Crippen molar-refractivity contribution in [3.8, 4) is 0 Å². The average molecular weight is 232 g/mol. The van der Waals surface area contributed by atoms with Crippen LogP contribution in [-0.2, 0) is 28.5 Å². The Morgan fingerprint density at radius 2 is 1.88 bits per heavy atom. The Bertz CT molecular complexity index is 302. The highest BCUT2D eigenvalue weighted by atomic mass is 16.7. The monoisotopic (exact) mass is 232 g/mol. The third kappa shape index (κ3) is 1.89. The molecule has 1 N–H and O–H groups in total. The Kier molecular flexibility index (Phi) is 3.08. The van der Waals surface area contributed by atoms with Gasteiger partial charge in [-0.2, -0.15) is 0 Å². The largest absolute Gasteiger partial charge is 0.461 e. The highest BCUT2D eigenvalue weighted by Gasteiger charge is 2.49. The van der Waals surface area contributed by atoms with Gasteiger partial charge in [0.25, 0.3) is 0 Å². The smallest absolute Gasteiger partial charge is 0.417 e. The van der Waals surface area contributed by atoms with Crippen LogP contribution in [0.5, 0.6) is 0 Å². The predicted molar refractivity (Wildman–Crippen MR) is 47.4 cm³/mol. The lowest BCUT2D eigenvalue weighted by Gasteiger charge is -2.15. The summed E-state index contributed by atoms with van der Waals surface area (Å²) in [4.78, 5) is 22.0. The zero-order valence-electron chi connectivity index (χ0n) is 8.62. The van der Waals surface area contributed by atoms with Crippen LogP contribution in [0.1, 0.15) is 0 Å². The number of esters is 2. The second-order valence-corrected chi connectivity index (χ2v) is 3.60. The van der Waals surface area contributed by atoms with Crippen molar-refractivity contribution in [2.24, 2.45) is 0 Å². The van der Waals surface area contributed by atoms with E-state index in [1.165, 1.54) is 0 Å². The van der Waals surface area contributed by atoms with Crippen LogP contribution in [0.4, 0.5) is 0 Å². The zero-order valence-corrected chi connectivity index (χ0v) is 8.62. The molecule has 7 nitrogen and oxygen atoms in total. The van der Waals surface area contributed by atoms with E-state index in [1.54, 1.807) is 0 Å². The third-order valence-corrected chi connectivity index (χ3v) is 2.59. The summed E-state index contributed by atoms with van der Waals surface area (Å²) < 4.78 is 19.5. The van der Waals surface area contributed by atoms with E-state index >= 15 is 0 Å². The quantitative estimate of drug-likeness (QED) is 0.422. The van der Waals surface area contributed by atoms with Gasteiger partial charge in [0.05, 0.1) is 20.3 Å². The van der Waals surface area contributed by atoms with Gasteiger partial charge in [-0.25, -0.2) is 9.59 Å². The molecule has 2 saturated heterocycles. The predicted octanol–water partition coefficient (Wildman–Crippen LogP) is -1.77. The maximum Gasteiger partial charge on any atom is 0.417 e. The van der Waals surface area contributed by atoms with Crippen LogP contribution >= 0.6 is 0 Å². The molecule has 0 spiro atoms. The van der Waals surface area contributed by atoms with Crippen molar-refractivity contribution >= 4 is 11.9 Å². The van der Waals surface area contributed by atoms with E-state index in [-0.39, 0.29) is 13.2 Å². The second kappa shape index (κ2) is 4.36. The topological polar surface area (TPSA) is 91.3 Å². The molecule has 0 aromatic carbocycles. The first-order valence-electron chi connectivity index (χ1n) is 4.83. The molecule has 0 aliphatic carbocycles.